The Bertz CT molecular complexity index is 511. The van der Waals surface area contributed by atoms with E-state index in [1.165, 1.54) is 0 Å². The first-order chi connectivity index (χ1) is 9.01. The van der Waals surface area contributed by atoms with Gasteiger partial charge in [-0.2, -0.15) is 0 Å². The van der Waals surface area contributed by atoms with E-state index in [1.54, 1.807) is 0 Å². The fourth-order valence-corrected chi connectivity index (χ4v) is 3.78. The van der Waals surface area contributed by atoms with Gasteiger partial charge in [-0.15, -0.1) is 10.2 Å². The molecule has 1 amide bonds. The highest BCUT2D eigenvalue weighted by Crippen LogP contribution is 2.18. The van der Waals surface area contributed by atoms with Crippen molar-refractivity contribution in [3.8, 4) is 0 Å². The molecule has 1 aromatic heterocycles. The summed E-state index contributed by atoms with van der Waals surface area (Å²) in [7, 11) is -3.40. The van der Waals surface area contributed by atoms with E-state index in [0.29, 0.717) is 13.0 Å². The van der Waals surface area contributed by atoms with Crippen LogP contribution in [0.2, 0.25) is 0 Å². The molecule has 0 spiro atoms. The molecule has 19 heavy (non-hydrogen) atoms. The maximum absolute atomic E-state index is 11.9. The van der Waals surface area contributed by atoms with Crippen LogP contribution in [0.1, 0.15) is 49.3 Å². The predicted octanol–water partition coefficient (Wildman–Crippen LogP) is 1.64. The smallest absolute Gasteiger partial charge is 0.282 e. The quantitative estimate of drug-likeness (QED) is 0.738. The molecule has 0 unspecified atom stereocenters. The van der Waals surface area contributed by atoms with Crippen molar-refractivity contribution in [3.05, 3.63) is 5.01 Å². The first-order valence-electron chi connectivity index (χ1n) is 6.35. The lowest BCUT2D eigenvalue weighted by atomic mass is 10.3. The Labute approximate surface area is 117 Å². The maximum atomic E-state index is 11.9. The number of sulfone groups is 1. The molecule has 1 aromatic rings. The van der Waals surface area contributed by atoms with E-state index in [1.807, 2.05) is 13.8 Å². The third kappa shape index (κ3) is 4.87. The SMILES string of the molecule is CCCCCS(=O)(=O)c1nnc(C(=O)NCCC)s1. The van der Waals surface area contributed by atoms with Crippen molar-refractivity contribution in [2.75, 3.05) is 12.3 Å². The molecule has 1 rings (SSSR count). The fourth-order valence-electron chi connectivity index (χ4n) is 1.37. The first kappa shape index (κ1) is 16.0. The van der Waals surface area contributed by atoms with Crippen molar-refractivity contribution in [2.24, 2.45) is 0 Å². The second kappa shape index (κ2) is 7.54. The van der Waals surface area contributed by atoms with Crippen LogP contribution in [0.4, 0.5) is 0 Å². The third-order valence-corrected chi connectivity index (χ3v) is 5.59. The monoisotopic (exact) mass is 305 g/mol. The van der Waals surface area contributed by atoms with E-state index in [4.69, 9.17) is 0 Å². The minimum Gasteiger partial charge on any atom is -0.350 e. The zero-order valence-electron chi connectivity index (χ0n) is 11.2. The Kier molecular flexibility index (Phi) is 6.36. The zero-order chi connectivity index (χ0) is 14.3. The second-order valence-corrected chi connectivity index (χ2v) is 7.42. The predicted molar refractivity (Wildman–Crippen MR) is 74.1 cm³/mol. The summed E-state index contributed by atoms with van der Waals surface area (Å²) < 4.78 is 23.8. The Balaban J connectivity index is 2.70. The summed E-state index contributed by atoms with van der Waals surface area (Å²) in [5.74, 6) is -0.305. The summed E-state index contributed by atoms with van der Waals surface area (Å²) in [6.45, 7) is 4.48. The van der Waals surface area contributed by atoms with Crippen molar-refractivity contribution in [1.29, 1.82) is 0 Å². The van der Waals surface area contributed by atoms with Crippen LogP contribution in [0, 0.1) is 0 Å². The molecule has 1 heterocycles. The summed E-state index contributed by atoms with van der Waals surface area (Å²) in [6, 6.07) is 0. The first-order valence-corrected chi connectivity index (χ1v) is 8.82. The van der Waals surface area contributed by atoms with Gasteiger partial charge in [0, 0.05) is 6.54 Å². The van der Waals surface area contributed by atoms with Crippen LogP contribution < -0.4 is 5.32 Å². The highest BCUT2D eigenvalue weighted by atomic mass is 32.2. The van der Waals surface area contributed by atoms with Crippen LogP contribution in [0.5, 0.6) is 0 Å². The molecule has 0 aliphatic heterocycles. The van der Waals surface area contributed by atoms with Gasteiger partial charge in [0.15, 0.2) is 0 Å². The van der Waals surface area contributed by atoms with Gasteiger partial charge in [-0.3, -0.25) is 4.79 Å². The molecule has 0 saturated carbocycles. The van der Waals surface area contributed by atoms with E-state index < -0.39 is 9.84 Å². The van der Waals surface area contributed by atoms with Crippen molar-refractivity contribution in [3.63, 3.8) is 0 Å². The van der Waals surface area contributed by atoms with Crippen molar-refractivity contribution >= 4 is 27.1 Å². The van der Waals surface area contributed by atoms with Crippen molar-refractivity contribution in [2.45, 2.75) is 43.9 Å². The standard InChI is InChI=1S/C11H19N3O3S2/c1-3-5-6-8-19(16,17)11-14-13-10(18-11)9(15)12-7-4-2/h3-8H2,1-2H3,(H,12,15). The Hall–Kier alpha value is -1.02. The fraction of sp³-hybridized carbons (Fsp3) is 0.727. The average molecular weight is 305 g/mol. The van der Waals surface area contributed by atoms with Crippen LogP contribution in [0.15, 0.2) is 4.34 Å². The summed E-state index contributed by atoms with van der Waals surface area (Å²) >= 11 is 0.834. The molecule has 108 valence electrons. The Morgan fingerprint density at radius 1 is 1.21 bits per heavy atom. The van der Waals surface area contributed by atoms with Crippen molar-refractivity contribution in [1.82, 2.24) is 15.5 Å². The molecular formula is C11H19N3O3S2. The van der Waals surface area contributed by atoms with Crippen LogP contribution in [-0.4, -0.2) is 36.8 Å². The molecule has 0 bridgehead atoms. The topological polar surface area (TPSA) is 89.0 Å². The molecule has 0 saturated heterocycles. The van der Waals surface area contributed by atoms with E-state index in [9.17, 15) is 13.2 Å². The van der Waals surface area contributed by atoms with Gasteiger partial charge in [-0.25, -0.2) is 8.42 Å². The molecule has 0 radical (unpaired) electrons. The number of carbonyl (C=O) groups excluding carboxylic acids is 1. The van der Waals surface area contributed by atoms with Gasteiger partial charge in [0.2, 0.25) is 19.2 Å². The molecule has 0 atom stereocenters. The van der Waals surface area contributed by atoms with E-state index >= 15 is 0 Å². The summed E-state index contributed by atoms with van der Waals surface area (Å²) in [5, 5.41) is 10.00. The lowest BCUT2D eigenvalue weighted by molar-refractivity contribution is 0.0952. The molecule has 0 aliphatic rings. The molecular weight excluding hydrogens is 286 g/mol. The maximum Gasteiger partial charge on any atom is 0.282 e. The number of unbranched alkanes of at least 4 members (excludes halogenated alkanes) is 2. The lowest BCUT2D eigenvalue weighted by Gasteiger charge is -1.99. The number of nitrogens with zero attached hydrogens (tertiary/aromatic N) is 2. The minimum absolute atomic E-state index is 0.0616. The van der Waals surface area contributed by atoms with E-state index in [-0.39, 0.29) is 21.0 Å². The Morgan fingerprint density at radius 2 is 1.95 bits per heavy atom. The minimum atomic E-state index is -3.40. The number of amides is 1. The number of carbonyl (C=O) groups is 1. The molecule has 0 fully saturated rings. The van der Waals surface area contributed by atoms with Crippen LogP contribution in [0.25, 0.3) is 0 Å². The molecule has 8 heteroatoms. The lowest BCUT2D eigenvalue weighted by Crippen LogP contribution is -2.23. The van der Waals surface area contributed by atoms with Gasteiger partial charge < -0.3 is 5.32 Å². The number of nitrogens with one attached hydrogen (secondary N) is 1. The van der Waals surface area contributed by atoms with Gasteiger partial charge in [0.1, 0.15) is 0 Å². The highest BCUT2D eigenvalue weighted by molar-refractivity contribution is 7.93. The summed E-state index contributed by atoms with van der Waals surface area (Å²) in [5.41, 5.74) is 0. The van der Waals surface area contributed by atoms with Crippen molar-refractivity contribution < 1.29 is 13.2 Å². The molecule has 0 aliphatic carbocycles. The van der Waals surface area contributed by atoms with Crippen LogP contribution in [0.3, 0.4) is 0 Å². The van der Waals surface area contributed by atoms with Crippen LogP contribution >= 0.6 is 11.3 Å². The average Bonchev–Trinajstić information content (AvgIpc) is 2.86. The van der Waals surface area contributed by atoms with Gasteiger partial charge in [0.25, 0.3) is 5.91 Å². The van der Waals surface area contributed by atoms with Gasteiger partial charge in [-0.1, -0.05) is 38.0 Å². The number of hydrogen-bond acceptors (Lipinski definition) is 6. The van der Waals surface area contributed by atoms with Gasteiger partial charge in [-0.05, 0) is 12.8 Å². The largest absolute Gasteiger partial charge is 0.350 e. The highest BCUT2D eigenvalue weighted by Gasteiger charge is 2.22. The molecule has 1 N–H and O–H groups in total. The third-order valence-electron chi connectivity index (χ3n) is 2.42. The van der Waals surface area contributed by atoms with E-state index in [0.717, 1.165) is 30.6 Å². The second-order valence-electron chi connectivity index (χ2n) is 4.16. The summed E-state index contributed by atoms with van der Waals surface area (Å²) in [4.78, 5) is 11.6. The molecule has 6 nitrogen and oxygen atoms in total. The zero-order valence-corrected chi connectivity index (χ0v) is 12.8. The number of hydrogen-bond donors (Lipinski definition) is 1. The number of rotatable bonds is 8. The normalized spacial score (nSPS) is 11.5. The van der Waals surface area contributed by atoms with E-state index in [2.05, 4.69) is 15.5 Å². The number of aromatic nitrogens is 2. The molecule has 0 aromatic carbocycles. The Morgan fingerprint density at radius 3 is 2.58 bits per heavy atom. The van der Waals surface area contributed by atoms with Gasteiger partial charge in [0.05, 0.1) is 5.75 Å². The summed E-state index contributed by atoms with van der Waals surface area (Å²) in [6.07, 6.45) is 3.24. The van der Waals surface area contributed by atoms with Crippen LogP contribution in [-0.2, 0) is 9.84 Å². The van der Waals surface area contributed by atoms with Gasteiger partial charge >= 0.3 is 0 Å².